The second kappa shape index (κ2) is 4.77. The molecule has 1 heterocycles. The zero-order valence-corrected chi connectivity index (χ0v) is 11.7. The van der Waals surface area contributed by atoms with Crippen molar-refractivity contribution in [1.82, 2.24) is 4.98 Å². The molecule has 4 rings (SSSR count). The van der Waals surface area contributed by atoms with Crippen molar-refractivity contribution in [1.29, 1.82) is 0 Å². The van der Waals surface area contributed by atoms with Crippen LogP contribution in [0.5, 0.6) is 5.75 Å². The molecule has 4 nitrogen and oxygen atoms in total. The molecule has 0 aliphatic carbocycles. The molecule has 22 heavy (non-hydrogen) atoms. The van der Waals surface area contributed by atoms with Crippen LogP contribution in [-0.4, -0.2) is 22.7 Å². The average molecular weight is 291 g/mol. The lowest BCUT2D eigenvalue weighted by Crippen LogP contribution is -2.09. The van der Waals surface area contributed by atoms with E-state index in [-0.39, 0.29) is 6.61 Å². The Kier molecular flexibility index (Phi) is 2.76. The van der Waals surface area contributed by atoms with Crippen LogP contribution in [0.4, 0.5) is 0 Å². The van der Waals surface area contributed by atoms with Gasteiger partial charge in [0.15, 0.2) is 6.61 Å². The van der Waals surface area contributed by atoms with E-state index in [1.54, 1.807) is 6.07 Å². The molecule has 0 unspecified atom stereocenters. The summed E-state index contributed by atoms with van der Waals surface area (Å²) < 4.78 is 5.24. The summed E-state index contributed by atoms with van der Waals surface area (Å²) in [6.45, 7) is -0.333. The van der Waals surface area contributed by atoms with E-state index in [2.05, 4.69) is 23.2 Å². The molecule has 3 aromatic carbocycles. The molecule has 4 aromatic rings. The monoisotopic (exact) mass is 291 g/mol. The molecule has 0 amide bonds. The first-order valence-corrected chi connectivity index (χ1v) is 7.00. The zero-order chi connectivity index (χ0) is 15.1. The van der Waals surface area contributed by atoms with Gasteiger partial charge in [0.1, 0.15) is 5.75 Å². The minimum atomic E-state index is -0.980. The number of rotatable bonds is 3. The number of carbonyl (C=O) groups is 1. The summed E-state index contributed by atoms with van der Waals surface area (Å²) in [4.78, 5) is 14.0. The van der Waals surface area contributed by atoms with Gasteiger partial charge in [0.25, 0.3) is 0 Å². The lowest BCUT2D eigenvalue weighted by Gasteiger charge is -2.05. The SMILES string of the molecule is O=C(O)COc1ccc2c(ccc3c4ccccc4[nH]c23)c1. The smallest absolute Gasteiger partial charge is 0.341 e. The fourth-order valence-electron chi connectivity index (χ4n) is 2.86. The molecule has 1 aromatic heterocycles. The van der Waals surface area contributed by atoms with Crippen LogP contribution >= 0.6 is 0 Å². The number of carboxylic acids is 1. The number of aromatic amines is 1. The number of ether oxygens (including phenoxy) is 1. The third kappa shape index (κ3) is 1.97. The zero-order valence-electron chi connectivity index (χ0n) is 11.7. The third-order valence-corrected chi connectivity index (χ3v) is 3.83. The van der Waals surface area contributed by atoms with Gasteiger partial charge < -0.3 is 14.8 Å². The highest BCUT2D eigenvalue weighted by atomic mass is 16.5. The van der Waals surface area contributed by atoms with Crippen molar-refractivity contribution in [3.8, 4) is 5.75 Å². The predicted molar refractivity (Wildman–Crippen MR) is 86.4 cm³/mol. The van der Waals surface area contributed by atoms with Crippen molar-refractivity contribution < 1.29 is 14.6 Å². The van der Waals surface area contributed by atoms with Gasteiger partial charge in [-0.2, -0.15) is 0 Å². The maximum absolute atomic E-state index is 10.6. The van der Waals surface area contributed by atoms with E-state index in [0.717, 1.165) is 21.8 Å². The Bertz CT molecular complexity index is 1020. The van der Waals surface area contributed by atoms with Gasteiger partial charge in [0.2, 0.25) is 0 Å². The average Bonchev–Trinajstić information content (AvgIpc) is 2.91. The Morgan fingerprint density at radius 2 is 1.82 bits per heavy atom. The first-order chi connectivity index (χ1) is 10.7. The Hall–Kier alpha value is -3.01. The van der Waals surface area contributed by atoms with Gasteiger partial charge in [-0.05, 0) is 29.7 Å². The molecular formula is C18H13NO3. The van der Waals surface area contributed by atoms with Crippen LogP contribution < -0.4 is 4.74 Å². The lowest BCUT2D eigenvalue weighted by atomic mass is 10.1. The minimum absolute atomic E-state index is 0.333. The number of aromatic nitrogens is 1. The van der Waals surface area contributed by atoms with Gasteiger partial charge >= 0.3 is 5.97 Å². The fraction of sp³-hybridized carbons (Fsp3) is 0.0556. The van der Waals surface area contributed by atoms with Crippen LogP contribution in [0.25, 0.3) is 32.6 Å². The van der Waals surface area contributed by atoms with Crippen LogP contribution in [-0.2, 0) is 4.79 Å². The summed E-state index contributed by atoms with van der Waals surface area (Å²) in [5.74, 6) is -0.420. The number of nitrogens with one attached hydrogen (secondary N) is 1. The number of hydrogen-bond acceptors (Lipinski definition) is 2. The molecule has 0 aliphatic rings. The topological polar surface area (TPSA) is 62.3 Å². The number of hydrogen-bond donors (Lipinski definition) is 2. The van der Waals surface area contributed by atoms with Crippen molar-refractivity contribution in [2.75, 3.05) is 6.61 Å². The number of para-hydroxylation sites is 1. The van der Waals surface area contributed by atoms with Gasteiger partial charge in [0, 0.05) is 21.7 Å². The summed E-state index contributed by atoms with van der Waals surface area (Å²) in [7, 11) is 0. The number of H-pyrrole nitrogens is 1. The van der Waals surface area contributed by atoms with E-state index in [4.69, 9.17) is 9.84 Å². The Morgan fingerprint density at radius 1 is 1.00 bits per heavy atom. The number of fused-ring (bicyclic) bond motifs is 5. The maximum Gasteiger partial charge on any atom is 0.341 e. The highest BCUT2D eigenvalue weighted by Crippen LogP contribution is 2.32. The summed E-state index contributed by atoms with van der Waals surface area (Å²) in [5, 5.41) is 13.2. The number of benzene rings is 3. The molecule has 4 heteroatoms. The number of carboxylic acid groups (broad SMARTS) is 1. The van der Waals surface area contributed by atoms with E-state index < -0.39 is 5.97 Å². The fourth-order valence-corrected chi connectivity index (χ4v) is 2.86. The van der Waals surface area contributed by atoms with Crippen LogP contribution in [0.15, 0.2) is 54.6 Å². The Balaban J connectivity index is 1.90. The summed E-state index contributed by atoms with van der Waals surface area (Å²) in [6, 6.07) is 17.9. The van der Waals surface area contributed by atoms with Gasteiger partial charge in [-0.3, -0.25) is 0 Å². The summed E-state index contributed by atoms with van der Waals surface area (Å²) >= 11 is 0. The highest BCUT2D eigenvalue weighted by molar-refractivity contribution is 6.17. The Labute approximate surface area is 125 Å². The summed E-state index contributed by atoms with van der Waals surface area (Å²) in [5.41, 5.74) is 2.19. The lowest BCUT2D eigenvalue weighted by molar-refractivity contribution is -0.139. The van der Waals surface area contributed by atoms with E-state index in [1.807, 2.05) is 30.3 Å². The van der Waals surface area contributed by atoms with E-state index in [0.29, 0.717) is 5.75 Å². The molecule has 0 bridgehead atoms. The van der Waals surface area contributed by atoms with Gasteiger partial charge in [-0.1, -0.05) is 30.3 Å². The first-order valence-electron chi connectivity index (χ1n) is 7.00. The largest absolute Gasteiger partial charge is 0.482 e. The molecule has 0 spiro atoms. The molecule has 0 aliphatic heterocycles. The first kappa shape index (κ1) is 12.7. The van der Waals surface area contributed by atoms with Crippen molar-refractivity contribution >= 4 is 38.5 Å². The predicted octanol–water partition coefficient (Wildman–Crippen LogP) is 3.94. The molecule has 0 radical (unpaired) electrons. The van der Waals surface area contributed by atoms with Crippen LogP contribution in [0.3, 0.4) is 0 Å². The third-order valence-electron chi connectivity index (χ3n) is 3.83. The second-order valence-corrected chi connectivity index (χ2v) is 5.22. The molecule has 0 fully saturated rings. The molecular weight excluding hydrogens is 278 g/mol. The van der Waals surface area contributed by atoms with Crippen molar-refractivity contribution in [3.63, 3.8) is 0 Å². The van der Waals surface area contributed by atoms with Gasteiger partial charge in [-0.15, -0.1) is 0 Å². The van der Waals surface area contributed by atoms with Crippen LogP contribution in [0.2, 0.25) is 0 Å². The molecule has 2 N–H and O–H groups in total. The normalized spacial score (nSPS) is 11.3. The summed E-state index contributed by atoms with van der Waals surface area (Å²) in [6.07, 6.45) is 0. The minimum Gasteiger partial charge on any atom is -0.482 e. The quantitative estimate of drug-likeness (QED) is 0.601. The molecule has 0 atom stereocenters. The van der Waals surface area contributed by atoms with Crippen molar-refractivity contribution in [2.45, 2.75) is 0 Å². The number of aliphatic carboxylic acids is 1. The van der Waals surface area contributed by atoms with Crippen LogP contribution in [0, 0.1) is 0 Å². The standard InChI is InChI=1S/C18H13NO3/c20-17(21)10-22-12-6-8-13-11(9-12)5-7-15-14-3-1-2-4-16(14)19-18(13)15/h1-9,19H,10H2,(H,20,21). The second-order valence-electron chi connectivity index (χ2n) is 5.22. The van der Waals surface area contributed by atoms with E-state index >= 15 is 0 Å². The molecule has 108 valence electrons. The Morgan fingerprint density at radius 3 is 2.68 bits per heavy atom. The highest BCUT2D eigenvalue weighted by Gasteiger charge is 2.08. The van der Waals surface area contributed by atoms with E-state index in [1.165, 1.54) is 10.8 Å². The molecule has 0 saturated carbocycles. The van der Waals surface area contributed by atoms with Crippen molar-refractivity contribution in [3.05, 3.63) is 54.6 Å². The van der Waals surface area contributed by atoms with Crippen LogP contribution in [0.1, 0.15) is 0 Å². The van der Waals surface area contributed by atoms with Gasteiger partial charge in [0.05, 0.1) is 5.52 Å². The van der Waals surface area contributed by atoms with Crippen molar-refractivity contribution in [2.24, 2.45) is 0 Å². The van der Waals surface area contributed by atoms with E-state index in [9.17, 15) is 4.79 Å². The van der Waals surface area contributed by atoms with Gasteiger partial charge in [-0.25, -0.2) is 4.79 Å². The maximum atomic E-state index is 10.6. The molecule has 0 saturated heterocycles.